The molecule has 30 heavy (non-hydrogen) atoms. The minimum absolute atomic E-state index is 0.0175. The normalized spacial score (nSPS) is 29.6. The van der Waals surface area contributed by atoms with Gasteiger partial charge in [0.25, 0.3) is 0 Å². The molecule has 1 aliphatic heterocycles. The lowest BCUT2D eigenvalue weighted by Crippen LogP contribution is -2.40. The summed E-state index contributed by atoms with van der Waals surface area (Å²) in [6, 6.07) is 0. The van der Waals surface area contributed by atoms with Crippen LogP contribution in [0.4, 0.5) is 10.3 Å². The third-order valence-electron chi connectivity index (χ3n) is 4.75. The Kier molecular flexibility index (Phi) is 6.38. The Balaban J connectivity index is 1.86. The quantitative estimate of drug-likeness (QED) is 0.278. The zero-order valence-electron chi connectivity index (χ0n) is 16.0. The van der Waals surface area contributed by atoms with Crippen LogP contribution in [-0.2, 0) is 13.8 Å². The van der Waals surface area contributed by atoms with Gasteiger partial charge in [-0.15, -0.1) is 0 Å². The summed E-state index contributed by atoms with van der Waals surface area (Å²) in [5, 5.41) is 30.3. The van der Waals surface area contributed by atoms with Gasteiger partial charge in [-0.25, -0.2) is 9.37 Å². The number of aliphatic hydroxyl groups excluding tert-OH is 3. The monoisotopic (exact) mass is 469 g/mol. The molecule has 6 N–H and O–H groups in total. The van der Waals surface area contributed by atoms with Crippen LogP contribution < -0.4 is 5.73 Å². The van der Waals surface area contributed by atoms with E-state index in [9.17, 15) is 29.2 Å². The summed E-state index contributed by atoms with van der Waals surface area (Å²) in [5.74, 6) is -1.89. The Bertz CT molecular complexity index is 980. The molecule has 0 spiro atoms. The van der Waals surface area contributed by atoms with Crippen molar-refractivity contribution < 1.29 is 38.4 Å². The van der Waals surface area contributed by atoms with Gasteiger partial charge < -0.3 is 30.7 Å². The molecule has 0 saturated carbocycles. The molecule has 3 unspecified atom stereocenters. The van der Waals surface area contributed by atoms with Gasteiger partial charge in [0.2, 0.25) is 5.95 Å². The highest BCUT2D eigenvalue weighted by molar-refractivity contribution is 7.53. The van der Waals surface area contributed by atoms with Gasteiger partial charge >= 0.3 is 7.60 Å². The number of hydrogen-bond acceptors (Lipinski definition) is 10. The lowest BCUT2D eigenvalue weighted by Gasteiger charge is -2.32. The first-order chi connectivity index (χ1) is 13.9. The van der Waals surface area contributed by atoms with Gasteiger partial charge in [0.1, 0.15) is 30.0 Å². The zero-order valence-corrected chi connectivity index (χ0v) is 17.6. The maximum absolute atomic E-state index is 13.7. The minimum atomic E-state index is -4.55. The molecule has 2 aromatic rings. The number of nitrogens with two attached hydrogens (primary N) is 1. The molecule has 0 aromatic carbocycles. The highest BCUT2D eigenvalue weighted by Crippen LogP contribution is 2.51. The predicted molar refractivity (Wildman–Crippen MR) is 102 cm³/mol. The van der Waals surface area contributed by atoms with Crippen molar-refractivity contribution in [2.75, 3.05) is 12.4 Å². The van der Waals surface area contributed by atoms with Gasteiger partial charge in [-0.2, -0.15) is 9.97 Å². The Morgan fingerprint density at radius 3 is 2.73 bits per heavy atom. The number of anilines is 1. The van der Waals surface area contributed by atoms with Gasteiger partial charge in [0, 0.05) is 6.42 Å². The van der Waals surface area contributed by atoms with Crippen molar-refractivity contribution in [3.63, 3.8) is 0 Å². The third-order valence-corrected chi connectivity index (χ3v) is 6.66. The second kappa shape index (κ2) is 8.24. The van der Waals surface area contributed by atoms with E-state index >= 15 is 0 Å². The number of ether oxygens (including phenoxy) is 1. The van der Waals surface area contributed by atoms with E-state index in [-0.39, 0.29) is 22.3 Å². The first kappa shape index (κ1) is 23.2. The second-order valence-electron chi connectivity index (χ2n) is 7.32. The maximum atomic E-state index is 13.7. The van der Waals surface area contributed by atoms with E-state index in [1.807, 2.05) is 0 Å². The SMILES string of the molecule is CC(O)P(=O)(O)OC(C)(CF)C[C@H]1O[C@@H](n2cnc3c(Cl)nc(N)nc32)[C@H](O)[C@@H]1O. The molecule has 15 heteroatoms. The molecule has 0 radical (unpaired) electrons. The number of imidazole rings is 1. The molecule has 0 bridgehead atoms. The van der Waals surface area contributed by atoms with E-state index < -0.39 is 56.7 Å². The number of halogens is 2. The van der Waals surface area contributed by atoms with Gasteiger partial charge in [-0.1, -0.05) is 11.6 Å². The van der Waals surface area contributed by atoms with Gasteiger partial charge in [0.05, 0.1) is 12.4 Å². The van der Waals surface area contributed by atoms with Crippen molar-refractivity contribution >= 4 is 36.3 Å². The van der Waals surface area contributed by atoms with Crippen LogP contribution in [-0.4, -0.2) is 76.2 Å². The standard InChI is InChI=1S/C15H22ClFN5O7P/c1-6(23)30(26,27)29-15(2,4-17)3-7-9(24)10(25)13(28-7)22-5-19-8-11(16)20-14(18)21-12(8)22/h5-7,9-10,13,23-25H,3-4H2,1-2H3,(H,26,27)(H2,18,20,21)/t6?,7-,9-,10-,13-,15?/m1/s1. The molecule has 1 fully saturated rings. The molecule has 3 rings (SSSR count). The van der Waals surface area contributed by atoms with E-state index in [0.717, 1.165) is 6.92 Å². The van der Waals surface area contributed by atoms with E-state index in [4.69, 9.17) is 26.6 Å². The first-order valence-electron chi connectivity index (χ1n) is 8.83. The number of hydrogen-bond donors (Lipinski definition) is 5. The Morgan fingerprint density at radius 1 is 1.47 bits per heavy atom. The Labute approximate surface area is 175 Å². The van der Waals surface area contributed by atoms with Crippen molar-refractivity contribution in [1.82, 2.24) is 19.5 Å². The molecule has 1 aliphatic rings. The van der Waals surface area contributed by atoms with Crippen LogP contribution in [0.1, 0.15) is 26.5 Å². The topological polar surface area (TPSA) is 186 Å². The maximum Gasteiger partial charge on any atom is 0.356 e. The van der Waals surface area contributed by atoms with Crippen LogP contribution in [0.3, 0.4) is 0 Å². The van der Waals surface area contributed by atoms with E-state index in [0.29, 0.717) is 0 Å². The lowest BCUT2D eigenvalue weighted by molar-refractivity contribution is -0.0707. The minimum Gasteiger partial charge on any atom is -0.388 e. The number of aromatic nitrogens is 4. The number of alkyl halides is 1. The average Bonchev–Trinajstić information content (AvgIpc) is 3.17. The summed E-state index contributed by atoms with van der Waals surface area (Å²) in [5.41, 5.74) is 4.05. The molecular weight excluding hydrogens is 448 g/mol. The number of rotatable bonds is 7. The molecular formula is C15H22ClFN5O7P. The van der Waals surface area contributed by atoms with Gasteiger partial charge in [-0.3, -0.25) is 13.7 Å². The summed E-state index contributed by atoms with van der Waals surface area (Å²) in [6.07, 6.45) is -4.51. The predicted octanol–water partition coefficient (Wildman–Crippen LogP) is 0.340. The van der Waals surface area contributed by atoms with Crippen molar-refractivity contribution in [3.05, 3.63) is 11.5 Å². The van der Waals surface area contributed by atoms with E-state index in [1.165, 1.54) is 17.8 Å². The Morgan fingerprint density at radius 2 is 2.13 bits per heavy atom. The third kappa shape index (κ3) is 4.30. The highest BCUT2D eigenvalue weighted by atomic mass is 35.5. The molecule has 12 nitrogen and oxygen atoms in total. The lowest BCUT2D eigenvalue weighted by atomic mass is 9.96. The van der Waals surface area contributed by atoms with Crippen LogP contribution >= 0.6 is 19.2 Å². The first-order valence-corrected chi connectivity index (χ1v) is 10.9. The molecule has 1 saturated heterocycles. The van der Waals surface area contributed by atoms with Crippen LogP contribution in [0.5, 0.6) is 0 Å². The molecule has 7 atom stereocenters. The van der Waals surface area contributed by atoms with Crippen molar-refractivity contribution in [1.29, 1.82) is 0 Å². The summed E-state index contributed by atoms with van der Waals surface area (Å²) < 4.78 is 37.6. The molecule has 168 valence electrons. The van der Waals surface area contributed by atoms with Crippen LogP contribution in [0.2, 0.25) is 5.15 Å². The number of aliphatic hydroxyl groups is 3. The smallest absolute Gasteiger partial charge is 0.356 e. The molecule has 3 heterocycles. The molecule has 2 aromatic heterocycles. The van der Waals surface area contributed by atoms with Crippen LogP contribution in [0.15, 0.2) is 6.33 Å². The average molecular weight is 470 g/mol. The van der Waals surface area contributed by atoms with E-state index in [2.05, 4.69) is 15.0 Å². The fourth-order valence-corrected chi connectivity index (χ4v) is 4.27. The van der Waals surface area contributed by atoms with Crippen LogP contribution in [0.25, 0.3) is 11.2 Å². The van der Waals surface area contributed by atoms with Gasteiger partial charge in [-0.05, 0) is 13.8 Å². The highest BCUT2D eigenvalue weighted by Gasteiger charge is 2.49. The summed E-state index contributed by atoms with van der Waals surface area (Å²) in [4.78, 5) is 21.6. The zero-order chi connectivity index (χ0) is 22.4. The second-order valence-corrected chi connectivity index (χ2v) is 9.73. The molecule has 0 amide bonds. The largest absolute Gasteiger partial charge is 0.388 e. The summed E-state index contributed by atoms with van der Waals surface area (Å²) in [6.45, 7) is 1.00. The summed E-state index contributed by atoms with van der Waals surface area (Å²) in [7, 11) is -4.55. The Hall–Kier alpha value is -1.44. The molecule has 0 aliphatic carbocycles. The van der Waals surface area contributed by atoms with E-state index in [1.54, 1.807) is 0 Å². The summed E-state index contributed by atoms with van der Waals surface area (Å²) >= 11 is 5.98. The van der Waals surface area contributed by atoms with Crippen molar-refractivity contribution in [2.24, 2.45) is 0 Å². The number of fused-ring (bicyclic) bond motifs is 1. The van der Waals surface area contributed by atoms with Crippen molar-refractivity contribution in [3.8, 4) is 0 Å². The van der Waals surface area contributed by atoms with Crippen molar-refractivity contribution in [2.45, 2.75) is 56.3 Å². The fourth-order valence-electron chi connectivity index (χ4n) is 3.15. The van der Waals surface area contributed by atoms with Crippen LogP contribution in [0, 0.1) is 0 Å². The van der Waals surface area contributed by atoms with Gasteiger partial charge in [0.15, 0.2) is 22.9 Å². The fraction of sp³-hybridized carbons (Fsp3) is 0.667. The number of nitrogen functional groups attached to an aromatic ring is 1. The number of nitrogens with zero attached hydrogens (tertiary/aromatic N) is 4.